The first kappa shape index (κ1) is 11.3. The molecule has 0 aromatic rings. The summed E-state index contributed by atoms with van der Waals surface area (Å²) in [6, 6.07) is 0. The summed E-state index contributed by atoms with van der Waals surface area (Å²) in [7, 11) is 0. The highest BCUT2D eigenvalue weighted by atomic mass is 13.9. The van der Waals surface area contributed by atoms with Gasteiger partial charge in [0.05, 0.1) is 0 Å². The Morgan fingerprint density at radius 1 is 1.08 bits per heavy atom. The van der Waals surface area contributed by atoms with E-state index in [-0.39, 0.29) is 0 Å². The van der Waals surface area contributed by atoms with Crippen molar-refractivity contribution in [2.45, 2.75) is 45.4 Å². The molecule has 0 aromatic carbocycles. The maximum Gasteiger partial charge on any atom is -0.0274 e. The van der Waals surface area contributed by atoms with Gasteiger partial charge in [0.1, 0.15) is 0 Å². The van der Waals surface area contributed by atoms with E-state index in [1.54, 1.807) is 0 Å². The fraction of sp³-hybridized carbons (Fsp3) is 0.583. The normalized spacial score (nSPS) is 10.1. The molecule has 0 heterocycles. The summed E-state index contributed by atoms with van der Waals surface area (Å²) in [6.45, 7) is 5.73. The van der Waals surface area contributed by atoms with E-state index >= 15 is 0 Å². The van der Waals surface area contributed by atoms with E-state index in [0.717, 1.165) is 6.42 Å². The molecule has 12 heavy (non-hydrogen) atoms. The third-order valence-corrected chi connectivity index (χ3v) is 1.74. The number of hydrogen-bond donors (Lipinski definition) is 0. The Kier molecular flexibility index (Phi) is 9.63. The Labute approximate surface area is 76.7 Å². The van der Waals surface area contributed by atoms with Crippen LogP contribution in [0.4, 0.5) is 0 Å². The largest absolute Gasteiger partial charge is 0.133 e. The van der Waals surface area contributed by atoms with Gasteiger partial charge in [-0.05, 0) is 38.2 Å². The van der Waals surface area contributed by atoms with Crippen LogP contribution in [0.1, 0.15) is 45.4 Å². The molecule has 0 aliphatic heterocycles. The zero-order valence-electron chi connectivity index (χ0n) is 8.18. The minimum atomic E-state index is 1.13. The molecule has 0 amide bonds. The van der Waals surface area contributed by atoms with Gasteiger partial charge in [-0.25, -0.2) is 0 Å². The molecule has 0 fully saturated rings. The third kappa shape index (κ3) is 9.26. The van der Waals surface area contributed by atoms with E-state index in [2.05, 4.69) is 31.4 Å². The van der Waals surface area contributed by atoms with Gasteiger partial charge in [0, 0.05) is 0 Å². The first-order valence-corrected chi connectivity index (χ1v) is 4.91. The summed E-state index contributed by atoms with van der Waals surface area (Å²) in [5.41, 5.74) is 2.79. The molecule has 0 saturated heterocycles. The summed E-state index contributed by atoms with van der Waals surface area (Å²) in [5.74, 6) is 0. The predicted octanol–water partition coefficient (Wildman–Crippen LogP) is 4.24. The lowest BCUT2D eigenvalue weighted by Gasteiger charge is -1.91. The van der Waals surface area contributed by atoms with E-state index in [1.807, 2.05) is 6.08 Å². The summed E-state index contributed by atoms with van der Waals surface area (Å²) in [4.78, 5) is 0. The van der Waals surface area contributed by atoms with E-state index in [1.165, 1.54) is 32.1 Å². The topological polar surface area (TPSA) is 0 Å². The smallest absolute Gasteiger partial charge is 0.0274 e. The molecule has 0 atom stereocenters. The number of hydrogen-bond acceptors (Lipinski definition) is 0. The molecule has 0 unspecified atom stereocenters. The van der Waals surface area contributed by atoms with Gasteiger partial charge in [-0.2, -0.15) is 0 Å². The zero-order valence-corrected chi connectivity index (χ0v) is 8.18. The van der Waals surface area contributed by atoms with Crippen molar-refractivity contribution in [3.63, 3.8) is 0 Å². The highest BCUT2D eigenvalue weighted by molar-refractivity contribution is 4.81. The molecule has 0 bridgehead atoms. The Balaban J connectivity index is 3.04. The second kappa shape index (κ2) is 10.3. The molecule has 0 aromatic heterocycles. The maximum atomic E-state index is 3.52. The van der Waals surface area contributed by atoms with E-state index in [0.29, 0.717) is 0 Å². The van der Waals surface area contributed by atoms with Gasteiger partial charge in [0.15, 0.2) is 0 Å². The van der Waals surface area contributed by atoms with Gasteiger partial charge >= 0.3 is 0 Å². The van der Waals surface area contributed by atoms with Crippen molar-refractivity contribution in [3.05, 3.63) is 30.5 Å². The van der Waals surface area contributed by atoms with Crippen LogP contribution in [0.25, 0.3) is 0 Å². The molecule has 0 aliphatic rings. The van der Waals surface area contributed by atoms with Crippen LogP contribution in [0.5, 0.6) is 0 Å². The van der Waals surface area contributed by atoms with Gasteiger partial charge < -0.3 is 0 Å². The summed E-state index contributed by atoms with van der Waals surface area (Å²) in [5, 5.41) is 0. The minimum Gasteiger partial charge on any atom is -0.133 e. The molecule has 0 aliphatic carbocycles. The Hall–Kier alpha value is -0.740. The lowest BCUT2D eigenvalue weighted by atomic mass is 10.2. The minimum absolute atomic E-state index is 1.13. The van der Waals surface area contributed by atoms with E-state index < -0.39 is 0 Å². The molecule has 0 spiro atoms. The molecule has 0 radical (unpaired) electrons. The molecule has 0 N–H and O–H groups in total. The number of allylic oxidation sites excluding steroid dienone is 3. The Bertz CT molecular complexity index is 147. The molecule has 68 valence electrons. The molecular weight excluding hydrogens is 144 g/mol. The van der Waals surface area contributed by atoms with Gasteiger partial charge in [0.25, 0.3) is 0 Å². The summed E-state index contributed by atoms with van der Waals surface area (Å²) >= 11 is 0. The lowest BCUT2D eigenvalue weighted by molar-refractivity contribution is 0.760. The van der Waals surface area contributed by atoms with Crippen LogP contribution in [0.3, 0.4) is 0 Å². The SMILES string of the molecule is C=C=CCCCC/C=C/CCC. The van der Waals surface area contributed by atoms with Crippen molar-refractivity contribution < 1.29 is 0 Å². The molecule has 0 rings (SSSR count). The first-order valence-electron chi connectivity index (χ1n) is 4.91. The molecular formula is C12H20. The van der Waals surface area contributed by atoms with Crippen molar-refractivity contribution >= 4 is 0 Å². The van der Waals surface area contributed by atoms with Crippen LogP contribution in [0.15, 0.2) is 30.5 Å². The molecule has 0 saturated carbocycles. The lowest BCUT2D eigenvalue weighted by Crippen LogP contribution is -1.71. The van der Waals surface area contributed by atoms with Crippen LogP contribution in [0.2, 0.25) is 0 Å². The second-order valence-corrected chi connectivity index (χ2v) is 2.95. The molecule has 0 heteroatoms. The van der Waals surface area contributed by atoms with Gasteiger partial charge in [-0.3, -0.25) is 0 Å². The van der Waals surface area contributed by atoms with Crippen LogP contribution >= 0.6 is 0 Å². The highest BCUT2D eigenvalue weighted by Gasteiger charge is 1.82. The van der Waals surface area contributed by atoms with Gasteiger partial charge in [-0.1, -0.05) is 32.1 Å². The van der Waals surface area contributed by atoms with Gasteiger partial charge in [0.2, 0.25) is 0 Å². The van der Waals surface area contributed by atoms with Crippen LogP contribution in [-0.4, -0.2) is 0 Å². The average Bonchev–Trinajstić information content (AvgIpc) is 2.10. The fourth-order valence-electron chi connectivity index (χ4n) is 1.01. The van der Waals surface area contributed by atoms with Crippen molar-refractivity contribution in [2.75, 3.05) is 0 Å². The van der Waals surface area contributed by atoms with E-state index in [4.69, 9.17) is 0 Å². The predicted molar refractivity (Wildman–Crippen MR) is 56.2 cm³/mol. The van der Waals surface area contributed by atoms with Crippen molar-refractivity contribution in [1.82, 2.24) is 0 Å². The van der Waals surface area contributed by atoms with Crippen molar-refractivity contribution in [2.24, 2.45) is 0 Å². The van der Waals surface area contributed by atoms with Crippen LogP contribution in [0, 0.1) is 0 Å². The Morgan fingerprint density at radius 3 is 2.42 bits per heavy atom. The summed E-state index contributed by atoms with van der Waals surface area (Å²) in [6.07, 6.45) is 14.0. The average molecular weight is 164 g/mol. The second-order valence-electron chi connectivity index (χ2n) is 2.95. The Morgan fingerprint density at radius 2 is 1.75 bits per heavy atom. The third-order valence-electron chi connectivity index (χ3n) is 1.74. The van der Waals surface area contributed by atoms with Gasteiger partial charge in [-0.15, -0.1) is 5.73 Å². The van der Waals surface area contributed by atoms with Crippen molar-refractivity contribution in [1.29, 1.82) is 0 Å². The number of rotatable bonds is 7. The van der Waals surface area contributed by atoms with E-state index in [9.17, 15) is 0 Å². The van der Waals surface area contributed by atoms with Crippen LogP contribution < -0.4 is 0 Å². The quantitative estimate of drug-likeness (QED) is 0.300. The maximum absolute atomic E-state index is 3.52. The summed E-state index contributed by atoms with van der Waals surface area (Å²) < 4.78 is 0. The standard InChI is InChI=1S/C12H20/c1-3-5-7-9-11-12-10-8-6-4-2/h5,8,10H,1,4,6-7,9,11-12H2,2H3/b10-8+. The highest BCUT2D eigenvalue weighted by Crippen LogP contribution is 2.01. The number of unbranched alkanes of at least 4 members (excludes halogenated alkanes) is 4. The fourth-order valence-corrected chi connectivity index (χ4v) is 1.01. The monoisotopic (exact) mass is 164 g/mol. The first-order chi connectivity index (χ1) is 5.91. The molecule has 0 nitrogen and oxygen atoms in total. The van der Waals surface area contributed by atoms with Crippen molar-refractivity contribution in [3.8, 4) is 0 Å². The van der Waals surface area contributed by atoms with Crippen LogP contribution in [-0.2, 0) is 0 Å². The zero-order chi connectivity index (χ0) is 9.07.